The highest BCUT2D eigenvalue weighted by Crippen LogP contribution is 2.27. The number of anilines is 1. The molecule has 0 atom stereocenters. The second kappa shape index (κ2) is 8.00. The molecule has 0 aliphatic rings. The van der Waals surface area contributed by atoms with Gasteiger partial charge < -0.3 is 5.32 Å². The number of aryl methyl sites for hydroxylation is 1. The monoisotopic (exact) mass is 409 g/mol. The Balaban J connectivity index is 1.35. The summed E-state index contributed by atoms with van der Waals surface area (Å²) in [6.45, 7) is 2.70. The van der Waals surface area contributed by atoms with Crippen LogP contribution in [0.1, 0.15) is 11.3 Å². The smallest absolute Gasteiger partial charge is 0.135 e. The third kappa shape index (κ3) is 3.77. The van der Waals surface area contributed by atoms with E-state index in [0.29, 0.717) is 6.54 Å². The van der Waals surface area contributed by atoms with Crippen LogP contribution in [0.25, 0.3) is 32.5 Å². The molecule has 0 unspecified atom stereocenters. The summed E-state index contributed by atoms with van der Waals surface area (Å²) in [5, 5.41) is 5.57. The van der Waals surface area contributed by atoms with Crippen LogP contribution < -0.4 is 5.32 Å². The molecule has 0 aliphatic heterocycles. The summed E-state index contributed by atoms with van der Waals surface area (Å²) < 4.78 is 0. The molecule has 0 spiro atoms. The lowest BCUT2D eigenvalue weighted by Crippen LogP contribution is -2.02. The molecule has 5 rings (SSSR count). The SMILES string of the molecule is Cc1cc(-c2ccc(CNc3nccc4cc(-c5cncs5)ncc34)cc2)ccn1. The molecule has 0 aliphatic carbocycles. The van der Waals surface area contributed by atoms with Crippen molar-refractivity contribution in [1.82, 2.24) is 19.9 Å². The second-order valence-corrected chi connectivity index (χ2v) is 7.94. The van der Waals surface area contributed by atoms with Gasteiger partial charge in [-0.25, -0.2) is 4.98 Å². The largest absolute Gasteiger partial charge is 0.365 e. The number of benzene rings is 1. The lowest BCUT2D eigenvalue weighted by atomic mass is 10.0. The maximum atomic E-state index is 4.60. The van der Waals surface area contributed by atoms with Crippen LogP contribution in [-0.4, -0.2) is 19.9 Å². The molecule has 1 N–H and O–H groups in total. The van der Waals surface area contributed by atoms with E-state index < -0.39 is 0 Å². The highest BCUT2D eigenvalue weighted by Gasteiger charge is 2.07. The fraction of sp³-hybridized carbons (Fsp3) is 0.0833. The molecule has 0 fully saturated rings. The van der Waals surface area contributed by atoms with Crippen molar-refractivity contribution in [3.63, 3.8) is 0 Å². The zero-order valence-corrected chi connectivity index (χ0v) is 17.2. The Morgan fingerprint density at radius 1 is 0.867 bits per heavy atom. The van der Waals surface area contributed by atoms with Crippen molar-refractivity contribution in [1.29, 1.82) is 0 Å². The minimum Gasteiger partial charge on any atom is -0.365 e. The van der Waals surface area contributed by atoms with Gasteiger partial charge in [-0.1, -0.05) is 24.3 Å². The van der Waals surface area contributed by atoms with E-state index >= 15 is 0 Å². The fourth-order valence-electron chi connectivity index (χ4n) is 3.41. The summed E-state index contributed by atoms with van der Waals surface area (Å²) >= 11 is 1.59. The molecule has 6 heteroatoms. The Morgan fingerprint density at radius 2 is 1.73 bits per heavy atom. The fourth-order valence-corrected chi connectivity index (χ4v) is 4.00. The Bertz CT molecular complexity index is 1300. The number of hydrogen-bond acceptors (Lipinski definition) is 6. The average molecular weight is 410 g/mol. The van der Waals surface area contributed by atoms with Gasteiger partial charge in [-0.15, -0.1) is 11.3 Å². The van der Waals surface area contributed by atoms with Crippen LogP contribution in [0.2, 0.25) is 0 Å². The predicted octanol–water partition coefficient (Wildman–Crippen LogP) is 5.74. The van der Waals surface area contributed by atoms with Gasteiger partial charge in [0.05, 0.1) is 16.1 Å². The average Bonchev–Trinajstić information content (AvgIpc) is 3.33. The molecule has 5 aromatic rings. The molecule has 0 amide bonds. The molecule has 4 heterocycles. The molecular formula is C24H19N5S. The van der Waals surface area contributed by atoms with Crippen LogP contribution in [0.15, 0.2) is 78.8 Å². The first-order valence-electron chi connectivity index (χ1n) is 9.66. The third-order valence-corrected chi connectivity index (χ3v) is 5.77. The molecule has 0 radical (unpaired) electrons. The Labute approximate surface area is 178 Å². The van der Waals surface area contributed by atoms with Gasteiger partial charge in [0, 0.05) is 42.4 Å². The molecule has 4 aromatic heterocycles. The lowest BCUT2D eigenvalue weighted by molar-refractivity contribution is 1.12. The van der Waals surface area contributed by atoms with Crippen molar-refractivity contribution in [2.45, 2.75) is 13.5 Å². The Kier molecular flexibility index (Phi) is 4.91. The molecular weight excluding hydrogens is 390 g/mol. The lowest BCUT2D eigenvalue weighted by Gasteiger charge is -2.10. The van der Waals surface area contributed by atoms with Crippen molar-refractivity contribution in [2.75, 3.05) is 5.32 Å². The summed E-state index contributed by atoms with van der Waals surface area (Å²) in [4.78, 5) is 18.6. The minimum atomic E-state index is 0.693. The number of pyridine rings is 3. The number of thiazole rings is 1. The number of fused-ring (bicyclic) bond motifs is 1. The summed E-state index contributed by atoms with van der Waals surface area (Å²) in [5.74, 6) is 0.838. The maximum Gasteiger partial charge on any atom is 0.135 e. The van der Waals surface area contributed by atoms with Crippen LogP contribution in [0.5, 0.6) is 0 Å². The van der Waals surface area contributed by atoms with Crippen molar-refractivity contribution < 1.29 is 0 Å². The summed E-state index contributed by atoms with van der Waals surface area (Å²) in [6.07, 6.45) is 7.40. The highest BCUT2D eigenvalue weighted by molar-refractivity contribution is 7.13. The van der Waals surface area contributed by atoms with Crippen LogP contribution >= 0.6 is 11.3 Å². The van der Waals surface area contributed by atoms with Crippen LogP contribution in [0.3, 0.4) is 0 Å². The van der Waals surface area contributed by atoms with Crippen molar-refractivity contribution in [3.05, 3.63) is 90.1 Å². The first kappa shape index (κ1) is 18.4. The molecule has 0 bridgehead atoms. The number of rotatable bonds is 5. The first-order chi connectivity index (χ1) is 14.8. The Morgan fingerprint density at radius 3 is 2.53 bits per heavy atom. The Hall–Kier alpha value is -3.64. The van der Waals surface area contributed by atoms with E-state index in [1.165, 1.54) is 16.7 Å². The molecule has 5 nitrogen and oxygen atoms in total. The molecule has 1 aromatic carbocycles. The number of nitrogens with one attached hydrogen (secondary N) is 1. The predicted molar refractivity (Wildman–Crippen MR) is 122 cm³/mol. The van der Waals surface area contributed by atoms with Gasteiger partial charge in [-0.05, 0) is 53.3 Å². The van der Waals surface area contributed by atoms with Crippen molar-refractivity contribution >= 4 is 27.9 Å². The van der Waals surface area contributed by atoms with E-state index in [1.54, 1.807) is 11.3 Å². The second-order valence-electron chi connectivity index (χ2n) is 7.05. The molecule has 0 saturated carbocycles. The van der Waals surface area contributed by atoms with Crippen LogP contribution in [0.4, 0.5) is 5.82 Å². The molecule has 0 saturated heterocycles. The van der Waals surface area contributed by atoms with Crippen LogP contribution in [0, 0.1) is 6.92 Å². The van der Waals surface area contributed by atoms with Gasteiger partial charge >= 0.3 is 0 Å². The zero-order chi connectivity index (χ0) is 20.3. The summed E-state index contributed by atoms with van der Waals surface area (Å²) in [6, 6.07) is 16.8. The maximum absolute atomic E-state index is 4.60. The van der Waals surface area contributed by atoms with Crippen molar-refractivity contribution in [2.24, 2.45) is 0 Å². The van der Waals surface area contributed by atoms with Gasteiger partial charge in [-0.2, -0.15) is 0 Å². The number of hydrogen-bond donors (Lipinski definition) is 1. The van der Waals surface area contributed by atoms with E-state index in [0.717, 1.165) is 32.9 Å². The van der Waals surface area contributed by atoms with Gasteiger partial charge in [0.2, 0.25) is 0 Å². The van der Waals surface area contributed by atoms with E-state index in [1.807, 2.05) is 49.4 Å². The van der Waals surface area contributed by atoms with E-state index in [-0.39, 0.29) is 0 Å². The van der Waals surface area contributed by atoms with Gasteiger partial charge in [0.1, 0.15) is 5.82 Å². The standard InChI is InChI=1S/C24H19N5S/c1-16-10-19(6-8-26-16)18-4-2-17(3-5-18)12-29-24-21-13-28-22(23-14-25-15-30-23)11-20(21)7-9-27-24/h2-11,13-15H,12H2,1H3,(H,27,29). The normalized spacial score (nSPS) is 11.0. The van der Waals surface area contributed by atoms with E-state index in [2.05, 4.69) is 61.7 Å². The topological polar surface area (TPSA) is 63.6 Å². The summed E-state index contributed by atoms with van der Waals surface area (Å²) in [7, 11) is 0. The number of nitrogens with zero attached hydrogens (tertiary/aromatic N) is 4. The molecule has 30 heavy (non-hydrogen) atoms. The molecule has 146 valence electrons. The summed E-state index contributed by atoms with van der Waals surface area (Å²) in [5.41, 5.74) is 7.34. The van der Waals surface area contributed by atoms with Crippen LogP contribution in [-0.2, 0) is 6.54 Å². The van der Waals surface area contributed by atoms with Crippen molar-refractivity contribution in [3.8, 4) is 21.7 Å². The zero-order valence-electron chi connectivity index (χ0n) is 16.4. The van der Waals surface area contributed by atoms with Gasteiger partial charge in [-0.3, -0.25) is 15.0 Å². The van der Waals surface area contributed by atoms with E-state index in [4.69, 9.17) is 0 Å². The minimum absolute atomic E-state index is 0.693. The third-order valence-electron chi connectivity index (χ3n) is 4.98. The van der Waals surface area contributed by atoms with Gasteiger partial charge in [0.25, 0.3) is 0 Å². The first-order valence-corrected chi connectivity index (χ1v) is 10.5. The quantitative estimate of drug-likeness (QED) is 0.401. The highest BCUT2D eigenvalue weighted by atomic mass is 32.1. The number of aromatic nitrogens is 4. The van der Waals surface area contributed by atoms with E-state index in [9.17, 15) is 0 Å². The van der Waals surface area contributed by atoms with Gasteiger partial charge in [0.15, 0.2) is 0 Å².